The van der Waals surface area contributed by atoms with Crippen LogP contribution in [0.25, 0.3) is 0 Å². The van der Waals surface area contributed by atoms with Crippen molar-refractivity contribution in [1.82, 2.24) is 0 Å². The van der Waals surface area contributed by atoms with E-state index in [1.807, 2.05) is 0 Å². The molecule has 0 fully saturated rings. The van der Waals surface area contributed by atoms with E-state index in [2.05, 4.69) is 12.6 Å². The molecule has 5 heteroatoms. The standard InChI is InChI=1S/C3H4F2OS.K.H/c4-2(5)1-3(6)7;;/h2H,1H2,(H,6,7);;. The number of halogens is 2. The zero-order chi connectivity index (χ0) is 5.86. The van der Waals surface area contributed by atoms with E-state index in [-0.39, 0.29) is 51.4 Å². The maximum absolute atomic E-state index is 11.0. The molecule has 0 bridgehead atoms. The minimum atomic E-state index is -2.55. The number of rotatable bonds is 2. The number of thiol groups is 1. The third-order valence-electron chi connectivity index (χ3n) is 0.329. The molecule has 0 atom stereocenters. The maximum atomic E-state index is 11.0. The molecule has 0 heterocycles. The summed E-state index contributed by atoms with van der Waals surface area (Å²) in [6, 6.07) is 0. The Balaban J connectivity index is 0. The molecule has 0 saturated carbocycles. The van der Waals surface area contributed by atoms with Crippen LogP contribution in [0, 0.1) is 0 Å². The van der Waals surface area contributed by atoms with Gasteiger partial charge in [0.1, 0.15) is 0 Å². The predicted octanol–water partition coefficient (Wildman–Crippen LogP) is 0.450. The summed E-state index contributed by atoms with van der Waals surface area (Å²) in [6.45, 7) is 0. The summed E-state index contributed by atoms with van der Waals surface area (Å²) >= 11 is 3.12. The van der Waals surface area contributed by atoms with E-state index < -0.39 is 18.0 Å². The van der Waals surface area contributed by atoms with Gasteiger partial charge in [-0.15, -0.1) is 12.6 Å². The molecule has 0 aliphatic rings. The van der Waals surface area contributed by atoms with Gasteiger partial charge in [-0.3, -0.25) is 4.79 Å². The Morgan fingerprint density at radius 3 is 2.00 bits per heavy atom. The molecule has 0 aliphatic carbocycles. The molecule has 0 saturated heterocycles. The fourth-order valence-electron chi connectivity index (χ4n) is 0.132. The van der Waals surface area contributed by atoms with Crippen molar-refractivity contribution in [3.63, 3.8) is 0 Å². The van der Waals surface area contributed by atoms with Crippen LogP contribution in [0.5, 0.6) is 0 Å². The molecule has 1 nitrogen and oxygen atoms in total. The van der Waals surface area contributed by atoms with Crippen molar-refractivity contribution in [3.05, 3.63) is 0 Å². The number of hydrogen-bond donors (Lipinski definition) is 1. The van der Waals surface area contributed by atoms with Crippen LogP contribution in [-0.2, 0) is 4.79 Å². The van der Waals surface area contributed by atoms with E-state index in [4.69, 9.17) is 0 Å². The normalized spacial score (nSPS) is 8.50. The molecule has 0 aromatic rings. The molecule has 0 rings (SSSR count). The van der Waals surface area contributed by atoms with E-state index in [1.165, 1.54) is 0 Å². The molecule has 0 spiro atoms. The quantitative estimate of drug-likeness (QED) is 0.465. The topological polar surface area (TPSA) is 17.1 Å². The van der Waals surface area contributed by atoms with E-state index in [1.54, 1.807) is 0 Å². The van der Waals surface area contributed by atoms with Crippen LogP contribution in [0.3, 0.4) is 0 Å². The Labute approximate surface area is 94.0 Å². The Kier molecular flexibility index (Phi) is 10.1. The number of carbonyl (C=O) groups excluding carboxylic acids is 1. The Bertz CT molecular complexity index is 77.7. The van der Waals surface area contributed by atoms with Gasteiger partial charge in [0.05, 0.1) is 6.42 Å². The van der Waals surface area contributed by atoms with Gasteiger partial charge >= 0.3 is 51.4 Å². The first kappa shape index (κ1) is 12.2. The van der Waals surface area contributed by atoms with Crippen molar-refractivity contribution in [2.24, 2.45) is 0 Å². The molecule has 0 unspecified atom stereocenters. The van der Waals surface area contributed by atoms with Gasteiger partial charge < -0.3 is 0 Å². The molecular weight excluding hydrogens is 161 g/mol. The van der Waals surface area contributed by atoms with Crippen LogP contribution in [0.1, 0.15) is 6.42 Å². The minimum absolute atomic E-state index is 0. The van der Waals surface area contributed by atoms with Crippen molar-refractivity contribution in [2.75, 3.05) is 0 Å². The molecule has 0 aliphatic heterocycles. The fourth-order valence-corrected chi connectivity index (χ4v) is 0.270. The van der Waals surface area contributed by atoms with Crippen LogP contribution in [0.15, 0.2) is 0 Å². The van der Waals surface area contributed by atoms with E-state index in [9.17, 15) is 13.6 Å². The first-order valence-corrected chi connectivity index (χ1v) is 2.07. The molecular formula is C3H5F2KOS. The number of hydrogen-bond acceptors (Lipinski definition) is 1. The van der Waals surface area contributed by atoms with Crippen molar-refractivity contribution >= 4 is 69.1 Å². The van der Waals surface area contributed by atoms with Gasteiger partial charge in [0.25, 0.3) is 0 Å². The summed E-state index contributed by atoms with van der Waals surface area (Å²) < 4.78 is 22.0. The number of carbonyl (C=O) groups is 1. The van der Waals surface area contributed by atoms with Crippen molar-refractivity contribution in [3.8, 4) is 0 Å². The summed E-state index contributed by atoms with van der Waals surface area (Å²) in [5.74, 6) is 0. The molecule has 0 amide bonds. The third kappa shape index (κ3) is 10.5. The van der Waals surface area contributed by atoms with Gasteiger partial charge in [-0.2, -0.15) is 0 Å². The van der Waals surface area contributed by atoms with Crippen molar-refractivity contribution in [2.45, 2.75) is 12.8 Å². The van der Waals surface area contributed by atoms with Gasteiger partial charge in [0.2, 0.25) is 6.43 Å². The summed E-state index contributed by atoms with van der Waals surface area (Å²) in [5.41, 5.74) is 0. The SMILES string of the molecule is O=C(S)CC(F)F.[KH]. The number of alkyl halides is 2. The second-order valence-corrected chi connectivity index (χ2v) is 1.49. The zero-order valence-electron chi connectivity index (χ0n) is 3.40. The molecule has 0 aromatic heterocycles. The first-order chi connectivity index (χ1) is 3.13. The Hall–Kier alpha value is 1.52. The predicted molar refractivity (Wildman–Crippen MR) is 31.8 cm³/mol. The van der Waals surface area contributed by atoms with E-state index in [0.29, 0.717) is 0 Å². The summed E-state index contributed by atoms with van der Waals surface area (Å²) in [6.07, 6.45) is -3.30. The average Bonchev–Trinajstić information content (AvgIpc) is 1.27. The van der Waals surface area contributed by atoms with Crippen molar-refractivity contribution < 1.29 is 13.6 Å². The third-order valence-corrected chi connectivity index (χ3v) is 0.511. The summed E-state index contributed by atoms with van der Waals surface area (Å²) in [4.78, 5) is 9.64. The van der Waals surface area contributed by atoms with E-state index in [0.717, 1.165) is 0 Å². The van der Waals surface area contributed by atoms with Crippen LogP contribution in [-0.4, -0.2) is 62.9 Å². The zero-order valence-corrected chi connectivity index (χ0v) is 4.29. The molecule has 8 heavy (non-hydrogen) atoms. The Morgan fingerprint density at radius 2 is 2.00 bits per heavy atom. The average molecular weight is 166 g/mol. The van der Waals surface area contributed by atoms with Crippen molar-refractivity contribution in [1.29, 1.82) is 0 Å². The van der Waals surface area contributed by atoms with Crippen LogP contribution in [0.2, 0.25) is 0 Å². The molecule has 0 aromatic carbocycles. The van der Waals surface area contributed by atoms with Gasteiger partial charge in [-0.1, -0.05) is 0 Å². The Morgan fingerprint density at radius 1 is 1.62 bits per heavy atom. The van der Waals surface area contributed by atoms with Gasteiger partial charge in [0.15, 0.2) is 5.12 Å². The van der Waals surface area contributed by atoms with E-state index >= 15 is 0 Å². The van der Waals surface area contributed by atoms with Crippen LogP contribution >= 0.6 is 12.6 Å². The summed E-state index contributed by atoms with van der Waals surface area (Å²) in [5, 5.41) is -0.769. The summed E-state index contributed by atoms with van der Waals surface area (Å²) in [7, 11) is 0. The second-order valence-electron chi connectivity index (χ2n) is 0.989. The molecule has 44 valence electrons. The van der Waals surface area contributed by atoms with Gasteiger partial charge in [0, 0.05) is 0 Å². The molecule has 0 radical (unpaired) electrons. The monoisotopic (exact) mass is 166 g/mol. The fraction of sp³-hybridized carbons (Fsp3) is 0.667. The van der Waals surface area contributed by atoms with Gasteiger partial charge in [-0.05, 0) is 0 Å². The second kappa shape index (κ2) is 6.63. The van der Waals surface area contributed by atoms with Gasteiger partial charge in [-0.25, -0.2) is 8.78 Å². The first-order valence-electron chi connectivity index (χ1n) is 1.63. The molecule has 0 N–H and O–H groups in total. The van der Waals surface area contributed by atoms with Crippen LogP contribution in [0.4, 0.5) is 8.78 Å². The van der Waals surface area contributed by atoms with Crippen LogP contribution < -0.4 is 0 Å².